The molecule has 3 nitrogen and oxygen atoms in total. The topological polar surface area (TPSA) is 29.9 Å². The Morgan fingerprint density at radius 3 is 2.61 bits per heavy atom. The minimum absolute atomic E-state index is 0.663. The molecule has 1 aliphatic heterocycles. The fraction of sp³-hybridized carbons (Fsp3) is 0.800. The minimum atomic E-state index is 0.663. The Morgan fingerprint density at radius 2 is 1.94 bits per heavy atom. The molecule has 3 rings (SSSR count). The molecule has 1 unspecified atom stereocenters. The molecule has 3 heteroatoms. The fourth-order valence-electron chi connectivity index (χ4n) is 3.63. The zero-order valence-corrected chi connectivity index (χ0v) is 11.5. The SMILES string of the molecule is Cc1c(C2CCNC2)cnn1C1CCCCCC1. The molecule has 2 heterocycles. The van der Waals surface area contributed by atoms with E-state index in [1.165, 1.54) is 62.7 Å². The highest BCUT2D eigenvalue weighted by atomic mass is 15.3. The second kappa shape index (κ2) is 5.43. The van der Waals surface area contributed by atoms with E-state index in [1.54, 1.807) is 0 Å². The van der Waals surface area contributed by atoms with E-state index in [9.17, 15) is 0 Å². The summed E-state index contributed by atoms with van der Waals surface area (Å²) < 4.78 is 2.33. The van der Waals surface area contributed by atoms with Crippen LogP contribution in [0, 0.1) is 6.92 Å². The van der Waals surface area contributed by atoms with Gasteiger partial charge in [0.05, 0.1) is 12.2 Å². The van der Waals surface area contributed by atoms with Crippen LogP contribution in [0.4, 0.5) is 0 Å². The summed E-state index contributed by atoms with van der Waals surface area (Å²) in [6.07, 6.45) is 11.6. The monoisotopic (exact) mass is 247 g/mol. The van der Waals surface area contributed by atoms with Gasteiger partial charge in [-0.25, -0.2) is 0 Å². The van der Waals surface area contributed by atoms with Crippen molar-refractivity contribution in [2.75, 3.05) is 13.1 Å². The standard InChI is InChI=1S/C15H25N3/c1-12-15(13-8-9-16-10-13)11-17-18(12)14-6-4-2-3-5-7-14/h11,13-14,16H,2-10H2,1H3. The second-order valence-electron chi connectivity index (χ2n) is 5.97. The molecule has 1 N–H and O–H groups in total. The third-order valence-electron chi connectivity index (χ3n) is 4.75. The molecule has 1 saturated carbocycles. The van der Waals surface area contributed by atoms with Crippen LogP contribution in [0.3, 0.4) is 0 Å². The van der Waals surface area contributed by atoms with Crippen LogP contribution in [0.25, 0.3) is 0 Å². The lowest BCUT2D eigenvalue weighted by Gasteiger charge is -2.18. The number of nitrogens with zero attached hydrogens (tertiary/aromatic N) is 2. The summed E-state index contributed by atoms with van der Waals surface area (Å²) in [6, 6.07) is 0.663. The van der Waals surface area contributed by atoms with E-state index in [2.05, 4.69) is 23.1 Å². The van der Waals surface area contributed by atoms with Gasteiger partial charge in [-0.2, -0.15) is 5.10 Å². The zero-order valence-electron chi connectivity index (χ0n) is 11.5. The molecule has 0 aromatic carbocycles. The van der Waals surface area contributed by atoms with Gasteiger partial charge >= 0.3 is 0 Å². The summed E-state index contributed by atoms with van der Waals surface area (Å²) in [5.74, 6) is 0.699. The van der Waals surface area contributed by atoms with E-state index in [-0.39, 0.29) is 0 Å². The van der Waals surface area contributed by atoms with Crippen molar-refractivity contribution in [1.29, 1.82) is 0 Å². The van der Waals surface area contributed by atoms with Gasteiger partial charge in [-0.15, -0.1) is 0 Å². The first-order valence-corrected chi connectivity index (χ1v) is 7.61. The first-order chi connectivity index (χ1) is 8.86. The predicted molar refractivity (Wildman–Crippen MR) is 73.9 cm³/mol. The van der Waals surface area contributed by atoms with Crippen LogP contribution in [0.2, 0.25) is 0 Å². The lowest BCUT2D eigenvalue weighted by atomic mass is 9.99. The van der Waals surface area contributed by atoms with Crippen molar-refractivity contribution in [1.82, 2.24) is 15.1 Å². The first-order valence-electron chi connectivity index (χ1n) is 7.61. The molecule has 0 radical (unpaired) electrons. The summed E-state index contributed by atoms with van der Waals surface area (Å²) in [5.41, 5.74) is 2.92. The first kappa shape index (κ1) is 12.2. The third-order valence-corrected chi connectivity index (χ3v) is 4.75. The lowest BCUT2D eigenvalue weighted by molar-refractivity contribution is 0.397. The highest BCUT2D eigenvalue weighted by Gasteiger charge is 2.23. The van der Waals surface area contributed by atoms with Crippen molar-refractivity contribution in [2.24, 2.45) is 0 Å². The van der Waals surface area contributed by atoms with Crippen molar-refractivity contribution < 1.29 is 0 Å². The van der Waals surface area contributed by atoms with Crippen molar-refractivity contribution in [3.63, 3.8) is 0 Å². The average molecular weight is 247 g/mol. The third kappa shape index (κ3) is 2.33. The van der Waals surface area contributed by atoms with Gasteiger partial charge in [0.15, 0.2) is 0 Å². The molecular weight excluding hydrogens is 222 g/mol. The largest absolute Gasteiger partial charge is 0.316 e. The summed E-state index contributed by atoms with van der Waals surface area (Å²) in [5, 5.41) is 8.17. The maximum Gasteiger partial charge on any atom is 0.0528 e. The van der Waals surface area contributed by atoms with Gasteiger partial charge in [0.2, 0.25) is 0 Å². The predicted octanol–water partition coefficient (Wildman–Crippen LogP) is 3.16. The van der Waals surface area contributed by atoms with Crippen LogP contribution >= 0.6 is 0 Å². The highest BCUT2D eigenvalue weighted by molar-refractivity contribution is 5.23. The number of rotatable bonds is 2. The van der Waals surface area contributed by atoms with Gasteiger partial charge in [-0.3, -0.25) is 4.68 Å². The molecule has 2 aliphatic rings. The molecule has 1 aromatic heterocycles. The van der Waals surface area contributed by atoms with Crippen molar-refractivity contribution >= 4 is 0 Å². The molecule has 1 saturated heterocycles. The maximum absolute atomic E-state index is 4.71. The molecule has 0 bridgehead atoms. The summed E-state index contributed by atoms with van der Waals surface area (Å²) in [7, 11) is 0. The Balaban J connectivity index is 1.79. The van der Waals surface area contributed by atoms with Crippen molar-refractivity contribution in [2.45, 2.75) is 63.8 Å². The number of hydrogen-bond donors (Lipinski definition) is 1. The summed E-state index contributed by atoms with van der Waals surface area (Å²) in [4.78, 5) is 0. The molecule has 18 heavy (non-hydrogen) atoms. The van der Waals surface area contributed by atoms with Crippen LogP contribution in [0.5, 0.6) is 0 Å². The minimum Gasteiger partial charge on any atom is -0.316 e. The normalized spacial score (nSPS) is 26.4. The van der Waals surface area contributed by atoms with Crippen molar-refractivity contribution in [3.05, 3.63) is 17.5 Å². The molecular formula is C15H25N3. The fourth-order valence-corrected chi connectivity index (χ4v) is 3.63. The molecule has 1 aromatic rings. The quantitative estimate of drug-likeness (QED) is 0.814. The Morgan fingerprint density at radius 1 is 1.17 bits per heavy atom. The van der Waals surface area contributed by atoms with Crippen LogP contribution < -0.4 is 5.32 Å². The Labute approximate surface area is 110 Å². The van der Waals surface area contributed by atoms with E-state index < -0.39 is 0 Å². The van der Waals surface area contributed by atoms with Crippen LogP contribution in [-0.4, -0.2) is 22.9 Å². The van der Waals surface area contributed by atoms with Crippen molar-refractivity contribution in [3.8, 4) is 0 Å². The Bertz CT molecular complexity index is 382. The molecule has 0 amide bonds. The average Bonchev–Trinajstić information content (AvgIpc) is 2.93. The summed E-state index contributed by atoms with van der Waals surface area (Å²) >= 11 is 0. The molecule has 1 aliphatic carbocycles. The molecule has 0 spiro atoms. The maximum atomic E-state index is 4.71. The van der Waals surface area contributed by atoms with Gasteiger partial charge in [-0.05, 0) is 38.3 Å². The Kier molecular flexibility index (Phi) is 3.69. The smallest absolute Gasteiger partial charge is 0.0528 e. The van der Waals surface area contributed by atoms with E-state index in [4.69, 9.17) is 5.10 Å². The number of nitrogens with one attached hydrogen (secondary N) is 1. The van der Waals surface area contributed by atoms with Crippen LogP contribution in [0.15, 0.2) is 6.20 Å². The van der Waals surface area contributed by atoms with E-state index in [1.807, 2.05) is 0 Å². The number of aromatic nitrogens is 2. The van der Waals surface area contributed by atoms with Crippen LogP contribution in [-0.2, 0) is 0 Å². The van der Waals surface area contributed by atoms with Gasteiger partial charge in [0.25, 0.3) is 0 Å². The van der Waals surface area contributed by atoms with Gasteiger partial charge in [0, 0.05) is 18.2 Å². The van der Waals surface area contributed by atoms with Gasteiger partial charge in [0.1, 0.15) is 0 Å². The molecule has 100 valence electrons. The highest BCUT2D eigenvalue weighted by Crippen LogP contribution is 2.31. The van der Waals surface area contributed by atoms with Gasteiger partial charge in [-0.1, -0.05) is 25.7 Å². The van der Waals surface area contributed by atoms with Gasteiger partial charge < -0.3 is 5.32 Å². The Hall–Kier alpha value is -0.830. The van der Waals surface area contributed by atoms with E-state index in [0.717, 1.165) is 6.54 Å². The van der Waals surface area contributed by atoms with E-state index in [0.29, 0.717) is 12.0 Å². The lowest BCUT2D eigenvalue weighted by Crippen LogP contribution is -2.13. The molecule has 2 fully saturated rings. The summed E-state index contributed by atoms with van der Waals surface area (Å²) in [6.45, 7) is 4.57. The molecule has 1 atom stereocenters. The zero-order chi connectivity index (χ0) is 12.4. The second-order valence-corrected chi connectivity index (χ2v) is 5.97. The van der Waals surface area contributed by atoms with E-state index >= 15 is 0 Å². The van der Waals surface area contributed by atoms with Crippen LogP contribution in [0.1, 0.15) is 68.2 Å². The number of hydrogen-bond acceptors (Lipinski definition) is 2.